The summed E-state index contributed by atoms with van der Waals surface area (Å²) < 4.78 is 2.00. The third-order valence-electron chi connectivity index (χ3n) is 4.89. The highest BCUT2D eigenvalue weighted by Gasteiger charge is 2.10. The third-order valence-corrected chi connectivity index (χ3v) is 4.89. The van der Waals surface area contributed by atoms with Crippen LogP contribution in [0.1, 0.15) is 16.1 Å². The van der Waals surface area contributed by atoms with Gasteiger partial charge in [0.2, 0.25) is 0 Å². The third kappa shape index (κ3) is 3.34. The van der Waals surface area contributed by atoms with Gasteiger partial charge in [-0.2, -0.15) is 0 Å². The molecule has 3 heterocycles. The summed E-state index contributed by atoms with van der Waals surface area (Å²) in [7, 11) is 0. The first-order valence-electron chi connectivity index (χ1n) is 9.39. The topological polar surface area (TPSA) is 59.3 Å². The van der Waals surface area contributed by atoms with Crippen molar-refractivity contribution in [3.05, 3.63) is 96.4 Å². The van der Waals surface area contributed by atoms with Gasteiger partial charge in [0.25, 0.3) is 5.91 Å². The average molecular weight is 378 g/mol. The molecule has 0 spiro atoms. The van der Waals surface area contributed by atoms with Gasteiger partial charge in [-0.25, -0.2) is 9.97 Å². The van der Waals surface area contributed by atoms with Crippen molar-refractivity contribution in [2.45, 2.75) is 6.92 Å². The molecule has 1 N–H and O–H groups in total. The number of carbonyl (C=O) groups is 1. The molecule has 29 heavy (non-hydrogen) atoms. The van der Waals surface area contributed by atoms with Crippen LogP contribution in [-0.4, -0.2) is 20.3 Å². The lowest BCUT2D eigenvalue weighted by molar-refractivity contribution is 0.102. The molecular formula is C24H18N4O. The number of aromatic nitrogens is 3. The van der Waals surface area contributed by atoms with Crippen LogP contribution < -0.4 is 5.32 Å². The summed E-state index contributed by atoms with van der Waals surface area (Å²) in [6.45, 7) is 2.05. The van der Waals surface area contributed by atoms with Crippen LogP contribution in [-0.2, 0) is 0 Å². The Labute approximate surface area is 167 Å². The average Bonchev–Trinajstić information content (AvgIpc) is 3.17. The zero-order chi connectivity index (χ0) is 19.8. The van der Waals surface area contributed by atoms with E-state index in [-0.39, 0.29) is 5.91 Å². The second-order valence-corrected chi connectivity index (χ2v) is 7.02. The second kappa shape index (κ2) is 6.87. The van der Waals surface area contributed by atoms with Crippen LogP contribution in [0, 0.1) is 6.92 Å². The number of rotatable bonds is 3. The van der Waals surface area contributed by atoms with Crippen LogP contribution in [0.2, 0.25) is 0 Å². The van der Waals surface area contributed by atoms with E-state index in [1.54, 1.807) is 6.07 Å². The zero-order valence-electron chi connectivity index (χ0n) is 15.8. The van der Waals surface area contributed by atoms with Crippen LogP contribution in [0.25, 0.3) is 27.8 Å². The lowest BCUT2D eigenvalue weighted by Gasteiger charge is -2.06. The minimum atomic E-state index is -0.230. The Balaban J connectivity index is 1.37. The van der Waals surface area contributed by atoms with Gasteiger partial charge in [-0.05, 0) is 48.9 Å². The first-order valence-corrected chi connectivity index (χ1v) is 9.39. The molecule has 5 nitrogen and oxygen atoms in total. The fraction of sp³-hybridized carbons (Fsp3) is 0.0417. The number of pyridine rings is 2. The Morgan fingerprint density at radius 3 is 2.62 bits per heavy atom. The quantitative estimate of drug-likeness (QED) is 0.475. The molecule has 5 rings (SSSR count). The monoisotopic (exact) mass is 378 g/mol. The predicted molar refractivity (Wildman–Crippen MR) is 115 cm³/mol. The molecule has 5 aromatic rings. The number of hydrogen-bond acceptors (Lipinski definition) is 3. The Hall–Kier alpha value is -3.99. The van der Waals surface area contributed by atoms with Crippen molar-refractivity contribution in [3.63, 3.8) is 0 Å². The van der Waals surface area contributed by atoms with E-state index in [1.165, 1.54) is 5.56 Å². The maximum atomic E-state index is 12.6. The Morgan fingerprint density at radius 1 is 0.931 bits per heavy atom. The normalized spacial score (nSPS) is 11.1. The molecule has 0 radical (unpaired) electrons. The fourth-order valence-corrected chi connectivity index (χ4v) is 3.33. The molecule has 0 atom stereocenters. The smallest absolute Gasteiger partial charge is 0.274 e. The van der Waals surface area contributed by atoms with Crippen molar-refractivity contribution < 1.29 is 4.79 Å². The predicted octanol–water partition coefficient (Wildman–Crippen LogP) is 5.11. The van der Waals surface area contributed by atoms with E-state index in [1.807, 2.05) is 71.4 Å². The zero-order valence-corrected chi connectivity index (χ0v) is 15.8. The van der Waals surface area contributed by atoms with Crippen molar-refractivity contribution >= 4 is 28.1 Å². The van der Waals surface area contributed by atoms with E-state index in [4.69, 9.17) is 0 Å². The minimum Gasteiger partial charge on any atom is -0.321 e. The maximum absolute atomic E-state index is 12.6. The highest BCUT2D eigenvalue weighted by Crippen LogP contribution is 2.22. The summed E-state index contributed by atoms with van der Waals surface area (Å²) in [5.41, 5.74) is 5.89. The van der Waals surface area contributed by atoms with Gasteiger partial charge in [0, 0.05) is 29.0 Å². The van der Waals surface area contributed by atoms with Gasteiger partial charge in [-0.15, -0.1) is 0 Å². The van der Waals surface area contributed by atoms with Crippen molar-refractivity contribution in [2.24, 2.45) is 0 Å². The summed E-state index contributed by atoms with van der Waals surface area (Å²) in [4.78, 5) is 21.7. The largest absolute Gasteiger partial charge is 0.321 e. The van der Waals surface area contributed by atoms with Gasteiger partial charge < -0.3 is 9.72 Å². The molecule has 3 aromatic heterocycles. The number of nitrogens with zero attached hydrogens (tertiary/aromatic N) is 3. The highest BCUT2D eigenvalue weighted by molar-refractivity contribution is 6.04. The van der Waals surface area contributed by atoms with Gasteiger partial charge in [0.1, 0.15) is 11.3 Å². The molecule has 0 fully saturated rings. The number of anilines is 1. The summed E-state index contributed by atoms with van der Waals surface area (Å²) in [5.74, 6) is -0.230. The summed E-state index contributed by atoms with van der Waals surface area (Å²) in [6, 6.07) is 23.2. The second-order valence-electron chi connectivity index (χ2n) is 7.02. The van der Waals surface area contributed by atoms with Gasteiger partial charge in [-0.3, -0.25) is 4.79 Å². The maximum Gasteiger partial charge on any atom is 0.274 e. The van der Waals surface area contributed by atoms with Crippen molar-refractivity contribution in [1.82, 2.24) is 14.4 Å². The molecule has 5 heteroatoms. The molecular weight excluding hydrogens is 360 g/mol. The standard InChI is InChI=1S/C24H18N4O/c1-16-12-13-28-15-22(27-23(28)14-16)18-6-9-19(10-7-18)25-24(29)21-11-8-17-4-2-3-5-20(17)26-21/h2-15H,1H3,(H,25,29). The molecule has 1 amide bonds. The van der Waals surface area contributed by atoms with Crippen LogP contribution >= 0.6 is 0 Å². The number of nitrogens with one attached hydrogen (secondary N) is 1. The molecule has 0 aliphatic heterocycles. The van der Waals surface area contributed by atoms with E-state index in [2.05, 4.69) is 34.3 Å². The highest BCUT2D eigenvalue weighted by atomic mass is 16.1. The van der Waals surface area contributed by atoms with Crippen LogP contribution in [0.3, 0.4) is 0 Å². The summed E-state index contributed by atoms with van der Waals surface area (Å²) >= 11 is 0. The van der Waals surface area contributed by atoms with Crippen LogP contribution in [0.5, 0.6) is 0 Å². The minimum absolute atomic E-state index is 0.230. The number of hydrogen-bond donors (Lipinski definition) is 1. The summed E-state index contributed by atoms with van der Waals surface area (Å²) in [6.07, 6.45) is 4.01. The number of aryl methyl sites for hydroxylation is 1. The number of para-hydroxylation sites is 1. The lowest BCUT2D eigenvalue weighted by atomic mass is 10.1. The molecule has 0 unspecified atom stereocenters. The first-order chi connectivity index (χ1) is 14.2. The molecule has 2 aromatic carbocycles. The molecule has 0 saturated heterocycles. The Morgan fingerprint density at radius 2 is 1.76 bits per heavy atom. The van der Waals surface area contributed by atoms with E-state index in [0.29, 0.717) is 11.4 Å². The Kier molecular flexibility index (Phi) is 4.06. The Bertz CT molecular complexity index is 1350. The van der Waals surface area contributed by atoms with E-state index >= 15 is 0 Å². The van der Waals surface area contributed by atoms with Gasteiger partial charge >= 0.3 is 0 Å². The van der Waals surface area contributed by atoms with Gasteiger partial charge in [0.15, 0.2) is 0 Å². The van der Waals surface area contributed by atoms with Crippen molar-refractivity contribution in [3.8, 4) is 11.3 Å². The van der Waals surface area contributed by atoms with Crippen LogP contribution in [0.4, 0.5) is 5.69 Å². The van der Waals surface area contributed by atoms with Crippen molar-refractivity contribution in [2.75, 3.05) is 5.32 Å². The van der Waals surface area contributed by atoms with E-state index in [9.17, 15) is 4.79 Å². The first kappa shape index (κ1) is 17.1. The SMILES string of the molecule is Cc1ccn2cc(-c3ccc(NC(=O)c4ccc5ccccc5n4)cc3)nc2c1. The van der Waals surface area contributed by atoms with Crippen LogP contribution in [0.15, 0.2) is 85.2 Å². The molecule has 0 aliphatic carbocycles. The van der Waals surface area contributed by atoms with E-state index in [0.717, 1.165) is 27.8 Å². The lowest BCUT2D eigenvalue weighted by Crippen LogP contribution is -2.13. The molecule has 0 saturated carbocycles. The van der Waals surface area contributed by atoms with Crippen molar-refractivity contribution in [1.29, 1.82) is 0 Å². The molecule has 140 valence electrons. The molecule has 0 bridgehead atoms. The number of imidazole rings is 1. The van der Waals surface area contributed by atoms with Gasteiger partial charge in [-0.1, -0.05) is 36.4 Å². The van der Waals surface area contributed by atoms with Gasteiger partial charge in [0.05, 0.1) is 11.2 Å². The number of carbonyl (C=O) groups excluding carboxylic acids is 1. The molecule has 0 aliphatic rings. The number of fused-ring (bicyclic) bond motifs is 2. The fourth-order valence-electron chi connectivity index (χ4n) is 3.33. The van der Waals surface area contributed by atoms with E-state index < -0.39 is 0 Å². The number of amides is 1. The summed E-state index contributed by atoms with van der Waals surface area (Å²) in [5, 5.41) is 3.92. The number of benzene rings is 2.